The number of ether oxygens (including phenoxy) is 1. The summed E-state index contributed by atoms with van der Waals surface area (Å²) in [5.74, 6) is 0.120. The van der Waals surface area contributed by atoms with Gasteiger partial charge < -0.3 is 9.64 Å². The number of rotatable bonds is 3. The van der Waals surface area contributed by atoms with Crippen molar-refractivity contribution in [2.24, 2.45) is 0 Å². The van der Waals surface area contributed by atoms with E-state index >= 15 is 0 Å². The van der Waals surface area contributed by atoms with Crippen LogP contribution in [0.25, 0.3) is 0 Å². The van der Waals surface area contributed by atoms with Crippen molar-refractivity contribution in [3.63, 3.8) is 0 Å². The Hall–Kier alpha value is -1.09. The normalized spacial score (nSPS) is 18.6. The van der Waals surface area contributed by atoms with Crippen molar-refractivity contribution in [3.05, 3.63) is 30.1 Å². The lowest BCUT2D eigenvalue weighted by atomic mass is 10.1. The first kappa shape index (κ1) is 12.4. The number of nitrogens with zero attached hydrogens (tertiary/aromatic N) is 1. The fraction of sp³-hybridized carbons (Fsp3) is 0.571. The van der Waals surface area contributed by atoms with E-state index in [1.165, 1.54) is 6.07 Å². The summed E-state index contributed by atoms with van der Waals surface area (Å²) in [5.41, 5.74) is 0. The minimum atomic E-state index is -0.265. The van der Waals surface area contributed by atoms with Crippen LogP contribution >= 0.6 is 0 Å². The van der Waals surface area contributed by atoms with E-state index in [1.807, 2.05) is 6.07 Å². The summed E-state index contributed by atoms with van der Waals surface area (Å²) in [4.78, 5) is 2.43. The molecule has 0 radical (unpaired) electrons. The fourth-order valence-electron chi connectivity index (χ4n) is 2.23. The highest BCUT2D eigenvalue weighted by Gasteiger charge is 2.22. The van der Waals surface area contributed by atoms with Crippen LogP contribution in [-0.2, 0) is 0 Å². The van der Waals surface area contributed by atoms with Gasteiger partial charge in [-0.3, -0.25) is 0 Å². The maximum atomic E-state index is 13.4. The molecule has 17 heavy (non-hydrogen) atoms. The molecule has 0 unspecified atom stereocenters. The SMILES string of the molecule is CC(C)N1CCC(Oc2ccccc2F)CC1. The van der Waals surface area contributed by atoms with Gasteiger partial charge in [-0.25, -0.2) is 4.39 Å². The Kier molecular flexibility index (Phi) is 4.00. The first-order chi connectivity index (χ1) is 8.16. The molecule has 1 aliphatic heterocycles. The van der Waals surface area contributed by atoms with Gasteiger partial charge in [-0.05, 0) is 38.8 Å². The molecule has 0 spiro atoms. The molecular weight excluding hydrogens is 217 g/mol. The van der Waals surface area contributed by atoms with Gasteiger partial charge in [0.15, 0.2) is 11.6 Å². The number of para-hydroxylation sites is 1. The third-order valence-electron chi connectivity index (χ3n) is 3.34. The van der Waals surface area contributed by atoms with Crippen molar-refractivity contribution < 1.29 is 9.13 Å². The van der Waals surface area contributed by atoms with E-state index in [1.54, 1.807) is 12.1 Å². The molecule has 1 saturated heterocycles. The summed E-state index contributed by atoms with van der Waals surface area (Å²) in [6, 6.07) is 7.22. The van der Waals surface area contributed by atoms with Gasteiger partial charge in [0.1, 0.15) is 6.10 Å². The predicted molar refractivity (Wildman–Crippen MR) is 66.8 cm³/mol. The van der Waals surface area contributed by atoms with Crippen LogP contribution < -0.4 is 4.74 Å². The standard InChI is InChI=1S/C14H20FNO/c1-11(2)16-9-7-12(8-10-16)17-14-6-4-3-5-13(14)15/h3-6,11-12H,7-10H2,1-2H3. The summed E-state index contributed by atoms with van der Waals surface area (Å²) in [6.45, 7) is 6.49. The number of halogens is 1. The molecule has 0 bridgehead atoms. The van der Waals surface area contributed by atoms with E-state index in [2.05, 4.69) is 18.7 Å². The molecule has 0 N–H and O–H groups in total. The molecule has 0 aliphatic carbocycles. The third kappa shape index (κ3) is 3.19. The van der Waals surface area contributed by atoms with Gasteiger partial charge in [0.25, 0.3) is 0 Å². The lowest BCUT2D eigenvalue weighted by Crippen LogP contribution is -2.41. The van der Waals surface area contributed by atoms with Crippen molar-refractivity contribution >= 4 is 0 Å². The Bertz CT molecular complexity index is 359. The summed E-state index contributed by atoms with van der Waals surface area (Å²) in [5, 5.41) is 0. The molecule has 2 nitrogen and oxygen atoms in total. The third-order valence-corrected chi connectivity index (χ3v) is 3.34. The van der Waals surface area contributed by atoms with Crippen LogP contribution in [-0.4, -0.2) is 30.1 Å². The summed E-state index contributed by atoms with van der Waals surface area (Å²) < 4.78 is 19.1. The molecule has 3 heteroatoms. The van der Waals surface area contributed by atoms with Crippen LogP contribution in [0.1, 0.15) is 26.7 Å². The second kappa shape index (κ2) is 5.50. The second-order valence-electron chi connectivity index (χ2n) is 4.88. The zero-order valence-corrected chi connectivity index (χ0v) is 10.5. The average molecular weight is 237 g/mol. The van der Waals surface area contributed by atoms with Crippen LogP contribution in [0.3, 0.4) is 0 Å². The average Bonchev–Trinajstić information content (AvgIpc) is 2.33. The van der Waals surface area contributed by atoms with E-state index in [0.29, 0.717) is 11.8 Å². The summed E-state index contributed by atoms with van der Waals surface area (Å²) in [6.07, 6.45) is 2.11. The summed E-state index contributed by atoms with van der Waals surface area (Å²) >= 11 is 0. The highest BCUT2D eigenvalue weighted by molar-refractivity contribution is 5.23. The zero-order chi connectivity index (χ0) is 12.3. The quantitative estimate of drug-likeness (QED) is 0.801. The lowest BCUT2D eigenvalue weighted by Gasteiger charge is -2.34. The Morgan fingerprint density at radius 2 is 1.88 bits per heavy atom. The molecule has 1 aromatic carbocycles. The largest absolute Gasteiger partial charge is 0.487 e. The Balaban J connectivity index is 1.88. The molecule has 0 saturated carbocycles. The van der Waals surface area contributed by atoms with Crippen LogP contribution in [0.15, 0.2) is 24.3 Å². The van der Waals surface area contributed by atoms with E-state index in [9.17, 15) is 4.39 Å². The molecule has 94 valence electrons. The van der Waals surface area contributed by atoms with Gasteiger partial charge in [0.2, 0.25) is 0 Å². The molecule has 0 atom stereocenters. The topological polar surface area (TPSA) is 12.5 Å². The Labute approximate surface area is 102 Å². The monoisotopic (exact) mass is 237 g/mol. The van der Waals surface area contributed by atoms with Crippen molar-refractivity contribution in [1.29, 1.82) is 0 Å². The Morgan fingerprint density at radius 3 is 2.47 bits per heavy atom. The molecule has 0 amide bonds. The number of benzene rings is 1. The molecule has 1 fully saturated rings. The van der Waals surface area contributed by atoms with E-state index < -0.39 is 0 Å². The van der Waals surface area contributed by atoms with Gasteiger partial charge in [-0.15, -0.1) is 0 Å². The first-order valence-electron chi connectivity index (χ1n) is 6.32. The highest BCUT2D eigenvalue weighted by Crippen LogP contribution is 2.22. The van der Waals surface area contributed by atoms with E-state index in [0.717, 1.165) is 25.9 Å². The second-order valence-corrected chi connectivity index (χ2v) is 4.88. The highest BCUT2D eigenvalue weighted by atomic mass is 19.1. The van der Waals surface area contributed by atoms with Gasteiger partial charge in [0.05, 0.1) is 0 Å². The summed E-state index contributed by atoms with van der Waals surface area (Å²) in [7, 11) is 0. The molecule has 0 aromatic heterocycles. The van der Waals surface area contributed by atoms with Gasteiger partial charge in [-0.1, -0.05) is 12.1 Å². The molecular formula is C14H20FNO. The first-order valence-corrected chi connectivity index (χ1v) is 6.32. The maximum Gasteiger partial charge on any atom is 0.165 e. The van der Waals surface area contributed by atoms with Crippen molar-refractivity contribution in [2.75, 3.05) is 13.1 Å². The van der Waals surface area contributed by atoms with Crippen LogP contribution in [0, 0.1) is 5.82 Å². The minimum absolute atomic E-state index is 0.155. The molecule has 2 rings (SSSR count). The van der Waals surface area contributed by atoms with Crippen LogP contribution in [0.5, 0.6) is 5.75 Å². The zero-order valence-electron chi connectivity index (χ0n) is 10.5. The molecule has 1 aliphatic rings. The lowest BCUT2D eigenvalue weighted by molar-refractivity contribution is 0.0816. The van der Waals surface area contributed by atoms with Crippen molar-refractivity contribution in [3.8, 4) is 5.75 Å². The van der Waals surface area contributed by atoms with Gasteiger partial charge in [0, 0.05) is 19.1 Å². The number of hydrogen-bond donors (Lipinski definition) is 0. The molecule has 1 aromatic rings. The van der Waals surface area contributed by atoms with Crippen molar-refractivity contribution in [2.45, 2.75) is 38.8 Å². The number of likely N-dealkylation sites (tertiary alicyclic amines) is 1. The van der Waals surface area contributed by atoms with Crippen LogP contribution in [0.2, 0.25) is 0 Å². The van der Waals surface area contributed by atoms with Crippen molar-refractivity contribution in [1.82, 2.24) is 4.90 Å². The Morgan fingerprint density at radius 1 is 1.24 bits per heavy atom. The minimum Gasteiger partial charge on any atom is -0.487 e. The smallest absolute Gasteiger partial charge is 0.165 e. The van der Waals surface area contributed by atoms with Gasteiger partial charge >= 0.3 is 0 Å². The van der Waals surface area contributed by atoms with Crippen LogP contribution in [0.4, 0.5) is 4.39 Å². The molecule has 1 heterocycles. The predicted octanol–water partition coefficient (Wildman–Crippen LogP) is 3.08. The van der Waals surface area contributed by atoms with E-state index in [-0.39, 0.29) is 11.9 Å². The van der Waals surface area contributed by atoms with E-state index in [4.69, 9.17) is 4.74 Å². The van der Waals surface area contributed by atoms with Gasteiger partial charge in [-0.2, -0.15) is 0 Å². The maximum absolute atomic E-state index is 13.4. The fourth-order valence-corrected chi connectivity index (χ4v) is 2.23. The number of piperidine rings is 1. The number of hydrogen-bond acceptors (Lipinski definition) is 2.